The minimum atomic E-state index is -4.43. The maximum absolute atomic E-state index is 12.1. The fraction of sp³-hybridized carbons (Fsp3) is 0.500. The van der Waals surface area contributed by atoms with Gasteiger partial charge >= 0.3 is 6.18 Å². The largest absolute Gasteiger partial charge is 0.405 e. The molecule has 1 saturated heterocycles. The van der Waals surface area contributed by atoms with Gasteiger partial charge in [0.05, 0.1) is 31.1 Å². The Labute approximate surface area is 136 Å². The van der Waals surface area contributed by atoms with Crippen molar-refractivity contribution in [1.29, 1.82) is 0 Å². The van der Waals surface area contributed by atoms with Crippen molar-refractivity contribution in [3.8, 4) is 0 Å². The van der Waals surface area contributed by atoms with Crippen molar-refractivity contribution in [2.45, 2.75) is 6.18 Å². The number of halogens is 4. The van der Waals surface area contributed by atoms with E-state index in [1.54, 1.807) is 12.1 Å². The summed E-state index contributed by atoms with van der Waals surface area (Å²) < 4.78 is 41.5. The first-order chi connectivity index (χ1) is 10.8. The monoisotopic (exact) mass is 351 g/mol. The van der Waals surface area contributed by atoms with Gasteiger partial charge in [0.1, 0.15) is 6.54 Å². The second-order valence-corrected chi connectivity index (χ2v) is 5.44. The van der Waals surface area contributed by atoms with E-state index in [9.17, 15) is 18.0 Å². The van der Waals surface area contributed by atoms with E-state index in [2.05, 4.69) is 10.2 Å². The van der Waals surface area contributed by atoms with E-state index in [1.807, 2.05) is 11.4 Å². The van der Waals surface area contributed by atoms with Gasteiger partial charge in [0.15, 0.2) is 0 Å². The molecule has 5 nitrogen and oxygen atoms in total. The summed E-state index contributed by atoms with van der Waals surface area (Å²) in [5.41, 5.74) is 1.43. The molecule has 0 atom stereocenters. The Morgan fingerprint density at radius 3 is 2.65 bits per heavy atom. The number of morpholine rings is 1. The third-order valence-corrected chi connectivity index (χ3v) is 3.47. The van der Waals surface area contributed by atoms with Crippen molar-refractivity contribution in [3.05, 3.63) is 23.2 Å². The van der Waals surface area contributed by atoms with Gasteiger partial charge in [-0.1, -0.05) is 11.6 Å². The van der Waals surface area contributed by atoms with Gasteiger partial charge in [-0.2, -0.15) is 13.2 Å². The van der Waals surface area contributed by atoms with Crippen LogP contribution in [0.2, 0.25) is 5.02 Å². The van der Waals surface area contributed by atoms with Crippen LogP contribution in [0.4, 0.5) is 24.5 Å². The fourth-order valence-corrected chi connectivity index (χ4v) is 2.34. The zero-order valence-corrected chi connectivity index (χ0v) is 13.0. The summed E-state index contributed by atoms with van der Waals surface area (Å²) in [6.45, 7) is 0.947. The van der Waals surface area contributed by atoms with Crippen molar-refractivity contribution in [1.82, 2.24) is 5.32 Å². The number of carbonyl (C=O) groups is 1. The summed E-state index contributed by atoms with van der Waals surface area (Å²) >= 11 is 5.96. The lowest BCUT2D eigenvalue weighted by atomic mass is 10.2. The fourth-order valence-electron chi connectivity index (χ4n) is 2.17. The van der Waals surface area contributed by atoms with Crippen LogP contribution in [-0.2, 0) is 9.53 Å². The number of amides is 1. The number of carbonyl (C=O) groups excluding carboxylic acids is 1. The molecule has 1 amide bonds. The highest BCUT2D eigenvalue weighted by Gasteiger charge is 2.27. The molecule has 23 heavy (non-hydrogen) atoms. The second kappa shape index (κ2) is 7.74. The molecule has 0 radical (unpaired) electrons. The van der Waals surface area contributed by atoms with Crippen molar-refractivity contribution in [3.63, 3.8) is 0 Å². The number of ether oxygens (including phenoxy) is 1. The summed E-state index contributed by atoms with van der Waals surface area (Å²) in [4.78, 5) is 13.6. The molecule has 0 aromatic heterocycles. The molecule has 1 heterocycles. The average Bonchev–Trinajstić information content (AvgIpc) is 2.51. The van der Waals surface area contributed by atoms with Crippen molar-refractivity contribution in [2.75, 3.05) is 49.6 Å². The predicted molar refractivity (Wildman–Crippen MR) is 82.0 cm³/mol. The maximum atomic E-state index is 12.1. The lowest BCUT2D eigenvalue weighted by Gasteiger charge is -2.30. The van der Waals surface area contributed by atoms with E-state index in [4.69, 9.17) is 16.3 Å². The molecule has 2 rings (SSSR count). The summed E-state index contributed by atoms with van der Waals surface area (Å²) in [6, 6.07) is 5.17. The molecule has 1 aromatic rings. The second-order valence-electron chi connectivity index (χ2n) is 5.01. The number of alkyl halides is 3. The Kier molecular flexibility index (Phi) is 5.95. The molecular weight excluding hydrogens is 335 g/mol. The van der Waals surface area contributed by atoms with Gasteiger partial charge in [-0.25, -0.2) is 0 Å². The van der Waals surface area contributed by atoms with Gasteiger partial charge in [0.25, 0.3) is 0 Å². The maximum Gasteiger partial charge on any atom is 0.405 e. The molecule has 0 aliphatic carbocycles. The molecule has 128 valence electrons. The Balaban J connectivity index is 1.98. The molecule has 0 spiro atoms. The van der Waals surface area contributed by atoms with E-state index in [-0.39, 0.29) is 6.54 Å². The van der Waals surface area contributed by atoms with E-state index in [1.165, 1.54) is 0 Å². The number of nitrogens with zero attached hydrogens (tertiary/aromatic N) is 1. The normalized spacial score (nSPS) is 15.4. The van der Waals surface area contributed by atoms with E-state index in [0.717, 1.165) is 5.69 Å². The number of anilines is 2. The summed E-state index contributed by atoms with van der Waals surface area (Å²) in [7, 11) is 0. The van der Waals surface area contributed by atoms with Gasteiger partial charge in [0, 0.05) is 18.1 Å². The Hall–Kier alpha value is -1.67. The molecule has 0 saturated carbocycles. The summed E-state index contributed by atoms with van der Waals surface area (Å²) in [5.74, 6) is -0.741. The van der Waals surface area contributed by atoms with Crippen LogP contribution in [0.15, 0.2) is 18.2 Å². The van der Waals surface area contributed by atoms with Gasteiger partial charge in [-0.15, -0.1) is 0 Å². The van der Waals surface area contributed by atoms with Crippen molar-refractivity contribution in [2.24, 2.45) is 0 Å². The lowest BCUT2D eigenvalue weighted by Crippen LogP contribution is -2.38. The highest BCUT2D eigenvalue weighted by atomic mass is 35.5. The highest BCUT2D eigenvalue weighted by molar-refractivity contribution is 6.31. The van der Waals surface area contributed by atoms with Gasteiger partial charge in [0.2, 0.25) is 5.91 Å². The van der Waals surface area contributed by atoms with E-state index >= 15 is 0 Å². The molecule has 1 aromatic carbocycles. The van der Waals surface area contributed by atoms with Crippen molar-refractivity contribution >= 4 is 28.9 Å². The van der Waals surface area contributed by atoms with Crippen LogP contribution in [0, 0.1) is 0 Å². The lowest BCUT2D eigenvalue weighted by molar-refractivity contribution is -0.137. The minimum absolute atomic E-state index is 0.270. The number of benzene rings is 1. The smallest absolute Gasteiger partial charge is 0.378 e. The molecular formula is C14H17ClF3N3O2. The van der Waals surface area contributed by atoms with Crippen LogP contribution in [0.25, 0.3) is 0 Å². The van der Waals surface area contributed by atoms with Crippen LogP contribution in [-0.4, -0.2) is 51.5 Å². The highest BCUT2D eigenvalue weighted by Crippen LogP contribution is 2.29. The quantitative estimate of drug-likeness (QED) is 0.854. The van der Waals surface area contributed by atoms with Crippen molar-refractivity contribution < 1.29 is 22.7 Å². The summed E-state index contributed by atoms with van der Waals surface area (Å²) in [6.07, 6.45) is -4.43. The third-order valence-electron chi connectivity index (χ3n) is 3.24. The molecule has 1 aliphatic rings. The average molecular weight is 352 g/mol. The first-order valence-electron chi connectivity index (χ1n) is 7.05. The van der Waals surface area contributed by atoms with E-state index < -0.39 is 18.6 Å². The van der Waals surface area contributed by atoms with Gasteiger partial charge in [-0.05, 0) is 18.2 Å². The summed E-state index contributed by atoms with van der Waals surface area (Å²) in [5, 5.41) is 5.13. The zero-order valence-electron chi connectivity index (χ0n) is 12.3. The SMILES string of the molecule is O=C(CNc1cc(Cl)ccc1N1CCOCC1)NCC(F)(F)F. The first kappa shape index (κ1) is 17.7. The minimum Gasteiger partial charge on any atom is -0.378 e. The van der Waals surface area contributed by atoms with Crippen LogP contribution >= 0.6 is 11.6 Å². The molecule has 0 bridgehead atoms. The van der Waals surface area contributed by atoms with Crippen LogP contribution in [0.5, 0.6) is 0 Å². The molecule has 2 N–H and O–H groups in total. The Morgan fingerprint density at radius 1 is 1.30 bits per heavy atom. The Bertz CT molecular complexity index is 549. The molecule has 1 aliphatic heterocycles. The zero-order chi connectivity index (χ0) is 16.9. The van der Waals surface area contributed by atoms with Crippen LogP contribution in [0.1, 0.15) is 0 Å². The third kappa shape index (κ3) is 5.80. The van der Waals surface area contributed by atoms with Crippen LogP contribution in [0.3, 0.4) is 0 Å². The molecule has 9 heteroatoms. The number of nitrogens with one attached hydrogen (secondary N) is 2. The first-order valence-corrected chi connectivity index (χ1v) is 7.42. The number of rotatable bonds is 5. The van der Waals surface area contributed by atoms with E-state index in [0.29, 0.717) is 37.0 Å². The topological polar surface area (TPSA) is 53.6 Å². The van der Waals surface area contributed by atoms with Gasteiger partial charge in [-0.3, -0.25) is 4.79 Å². The standard InChI is InChI=1S/C14H17ClF3N3O2/c15-10-1-2-12(21-3-5-23-6-4-21)11(7-10)19-8-13(22)20-9-14(16,17)18/h1-2,7,19H,3-6,8-9H2,(H,20,22). The Morgan fingerprint density at radius 2 is 2.00 bits per heavy atom. The number of hydrogen-bond acceptors (Lipinski definition) is 4. The predicted octanol–water partition coefficient (Wildman–Crippen LogP) is 2.27. The molecule has 1 fully saturated rings. The molecule has 0 unspecified atom stereocenters. The number of hydrogen-bond donors (Lipinski definition) is 2. The van der Waals surface area contributed by atoms with Crippen LogP contribution < -0.4 is 15.5 Å². The van der Waals surface area contributed by atoms with Gasteiger partial charge < -0.3 is 20.3 Å².